The summed E-state index contributed by atoms with van der Waals surface area (Å²) in [5, 5.41) is 2.74. The van der Waals surface area contributed by atoms with Crippen molar-refractivity contribution >= 4 is 29.4 Å². The van der Waals surface area contributed by atoms with E-state index in [9.17, 15) is 19.2 Å². The quantitative estimate of drug-likeness (QED) is 0.432. The molecule has 0 spiro atoms. The summed E-state index contributed by atoms with van der Waals surface area (Å²) in [7, 11) is 0. The Morgan fingerprint density at radius 3 is 2.50 bits per heavy atom. The fraction of sp³-hybridized carbons (Fsp3) is 0.217. The average Bonchev–Trinajstić information content (AvgIpc) is 2.97. The van der Waals surface area contributed by atoms with Crippen LogP contribution in [0.3, 0.4) is 0 Å². The highest BCUT2D eigenvalue weighted by Crippen LogP contribution is 2.25. The summed E-state index contributed by atoms with van der Waals surface area (Å²) in [6.45, 7) is 7.17. The van der Waals surface area contributed by atoms with E-state index in [2.05, 4.69) is 11.9 Å². The molecule has 0 bridgehead atoms. The van der Waals surface area contributed by atoms with Gasteiger partial charge in [0, 0.05) is 12.2 Å². The molecule has 0 unspecified atom stereocenters. The Kier molecular flexibility index (Phi) is 6.11. The number of carbonyl (C=O) groups is 4. The predicted molar refractivity (Wildman–Crippen MR) is 111 cm³/mol. The Labute approximate surface area is 174 Å². The van der Waals surface area contributed by atoms with Crippen LogP contribution in [0.15, 0.2) is 55.1 Å². The van der Waals surface area contributed by atoms with E-state index in [0.29, 0.717) is 5.69 Å². The molecular weight excluding hydrogens is 384 g/mol. The van der Waals surface area contributed by atoms with Crippen molar-refractivity contribution in [2.45, 2.75) is 19.8 Å². The standard InChI is InChI=1S/C23H22N2O5/c1-4-11-25-21(27)17-10-9-15(12-18(17)22(25)28)23(29)30-13-20(26)24-19-8-6-5-7-16(19)14(2)3/h4-10,12,14H,1,11,13H2,2-3H3,(H,24,26). The third-order valence-electron chi connectivity index (χ3n) is 4.71. The maximum absolute atomic E-state index is 12.4. The summed E-state index contributed by atoms with van der Waals surface area (Å²) in [5.41, 5.74) is 2.08. The third-order valence-corrected chi connectivity index (χ3v) is 4.71. The summed E-state index contributed by atoms with van der Waals surface area (Å²) in [5.74, 6) is -1.93. The van der Waals surface area contributed by atoms with Gasteiger partial charge in [-0.15, -0.1) is 6.58 Å². The second-order valence-electron chi connectivity index (χ2n) is 7.14. The van der Waals surface area contributed by atoms with Crippen LogP contribution in [0.1, 0.15) is 56.4 Å². The molecule has 2 aromatic rings. The monoisotopic (exact) mass is 406 g/mol. The van der Waals surface area contributed by atoms with E-state index in [4.69, 9.17) is 4.74 Å². The predicted octanol–water partition coefficient (Wildman–Crippen LogP) is 3.39. The van der Waals surface area contributed by atoms with Gasteiger partial charge in [0.05, 0.1) is 16.7 Å². The molecule has 1 aliphatic rings. The first-order valence-corrected chi connectivity index (χ1v) is 9.50. The first-order chi connectivity index (χ1) is 14.3. The number of hydrogen-bond acceptors (Lipinski definition) is 5. The van der Waals surface area contributed by atoms with Crippen molar-refractivity contribution in [3.05, 3.63) is 77.4 Å². The number of fused-ring (bicyclic) bond motifs is 1. The second-order valence-corrected chi connectivity index (χ2v) is 7.14. The van der Waals surface area contributed by atoms with Gasteiger partial charge in [0.25, 0.3) is 17.7 Å². The van der Waals surface area contributed by atoms with Gasteiger partial charge in [0.2, 0.25) is 0 Å². The number of nitrogens with one attached hydrogen (secondary N) is 1. The van der Waals surface area contributed by atoms with Gasteiger partial charge in [-0.25, -0.2) is 4.79 Å². The minimum atomic E-state index is -0.757. The summed E-state index contributed by atoms with van der Waals surface area (Å²) in [6, 6.07) is 11.5. The zero-order valence-corrected chi connectivity index (χ0v) is 16.8. The lowest BCUT2D eigenvalue weighted by Gasteiger charge is -2.13. The zero-order valence-electron chi connectivity index (χ0n) is 16.8. The Hall–Kier alpha value is -3.74. The molecule has 0 saturated carbocycles. The normalized spacial score (nSPS) is 12.7. The van der Waals surface area contributed by atoms with Gasteiger partial charge in [0.1, 0.15) is 0 Å². The van der Waals surface area contributed by atoms with Crippen LogP contribution in [0.2, 0.25) is 0 Å². The molecule has 7 heteroatoms. The number of hydrogen-bond donors (Lipinski definition) is 1. The van der Waals surface area contributed by atoms with Crippen LogP contribution in [0, 0.1) is 0 Å². The molecule has 1 heterocycles. The van der Waals surface area contributed by atoms with E-state index in [1.165, 1.54) is 24.3 Å². The lowest BCUT2D eigenvalue weighted by atomic mass is 10.0. The Balaban J connectivity index is 1.65. The van der Waals surface area contributed by atoms with Crippen molar-refractivity contribution in [3.8, 4) is 0 Å². The van der Waals surface area contributed by atoms with Crippen LogP contribution >= 0.6 is 0 Å². The minimum Gasteiger partial charge on any atom is -0.452 e. The Morgan fingerprint density at radius 2 is 1.80 bits per heavy atom. The van der Waals surface area contributed by atoms with Crippen molar-refractivity contribution in [1.82, 2.24) is 4.90 Å². The molecule has 1 N–H and O–H groups in total. The van der Waals surface area contributed by atoms with Crippen LogP contribution in [-0.2, 0) is 9.53 Å². The molecule has 1 aliphatic heterocycles. The van der Waals surface area contributed by atoms with Crippen LogP contribution in [0.5, 0.6) is 0 Å². The summed E-state index contributed by atoms with van der Waals surface area (Å²) >= 11 is 0. The first kappa shape index (κ1) is 21.0. The maximum atomic E-state index is 12.4. The van der Waals surface area contributed by atoms with Gasteiger partial charge in [-0.3, -0.25) is 19.3 Å². The summed E-state index contributed by atoms with van der Waals surface area (Å²) in [6.07, 6.45) is 1.45. The fourth-order valence-corrected chi connectivity index (χ4v) is 3.23. The molecule has 30 heavy (non-hydrogen) atoms. The number of anilines is 1. The highest BCUT2D eigenvalue weighted by molar-refractivity contribution is 6.22. The van der Waals surface area contributed by atoms with Gasteiger partial charge in [-0.1, -0.05) is 38.1 Å². The van der Waals surface area contributed by atoms with Gasteiger partial charge < -0.3 is 10.1 Å². The van der Waals surface area contributed by atoms with Crippen LogP contribution in [-0.4, -0.2) is 41.7 Å². The minimum absolute atomic E-state index is 0.0874. The summed E-state index contributed by atoms with van der Waals surface area (Å²) in [4.78, 5) is 50.2. The Morgan fingerprint density at radius 1 is 1.10 bits per heavy atom. The van der Waals surface area contributed by atoms with Gasteiger partial charge >= 0.3 is 5.97 Å². The molecule has 154 valence electrons. The van der Waals surface area contributed by atoms with E-state index in [0.717, 1.165) is 10.5 Å². The molecule has 0 aliphatic carbocycles. The molecule has 3 amide bonds. The largest absolute Gasteiger partial charge is 0.452 e. The van der Waals surface area contributed by atoms with Crippen LogP contribution in [0.4, 0.5) is 5.69 Å². The number of esters is 1. The van der Waals surface area contributed by atoms with E-state index >= 15 is 0 Å². The van der Waals surface area contributed by atoms with E-state index in [-0.39, 0.29) is 29.2 Å². The smallest absolute Gasteiger partial charge is 0.338 e. The molecule has 0 saturated heterocycles. The number of ether oxygens (including phenoxy) is 1. The molecule has 0 fully saturated rings. The zero-order chi connectivity index (χ0) is 21.8. The highest BCUT2D eigenvalue weighted by atomic mass is 16.5. The van der Waals surface area contributed by atoms with Crippen LogP contribution < -0.4 is 5.32 Å². The molecule has 2 aromatic carbocycles. The number of para-hydroxylation sites is 1. The average molecular weight is 406 g/mol. The Bertz CT molecular complexity index is 1040. The first-order valence-electron chi connectivity index (χ1n) is 9.50. The van der Waals surface area contributed by atoms with Crippen molar-refractivity contribution in [3.63, 3.8) is 0 Å². The lowest BCUT2D eigenvalue weighted by Crippen LogP contribution is -2.29. The molecule has 0 aromatic heterocycles. The number of nitrogens with zero attached hydrogens (tertiary/aromatic N) is 1. The van der Waals surface area contributed by atoms with Crippen molar-refractivity contribution in [1.29, 1.82) is 0 Å². The number of amides is 3. The topological polar surface area (TPSA) is 92.8 Å². The molecule has 7 nitrogen and oxygen atoms in total. The van der Waals surface area contributed by atoms with Crippen LogP contribution in [0.25, 0.3) is 0 Å². The van der Waals surface area contributed by atoms with E-state index < -0.39 is 30.3 Å². The van der Waals surface area contributed by atoms with Crippen molar-refractivity contribution in [2.24, 2.45) is 0 Å². The highest BCUT2D eigenvalue weighted by Gasteiger charge is 2.35. The van der Waals surface area contributed by atoms with Gasteiger partial charge in [-0.2, -0.15) is 0 Å². The van der Waals surface area contributed by atoms with E-state index in [1.54, 1.807) is 6.07 Å². The number of imide groups is 1. The molecular formula is C23H22N2O5. The number of rotatable bonds is 7. The van der Waals surface area contributed by atoms with Crippen molar-refractivity contribution in [2.75, 3.05) is 18.5 Å². The number of benzene rings is 2. The van der Waals surface area contributed by atoms with E-state index in [1.807, 2.05) is 32.0 Å². The van der Waals surface area contributed by atoms with Gasteiger partial charge in [-0.05, 0) is 35.7 Å². The lowest BCUT2D eigenvalue weighted by molar-refractivity contribution is -0.119. The second kappa shape index (κ2) is 8.73. The molecule has 0 radical (unpaired) electrons. The van der Waals surface area contributed by atoms with Crippen molar-refractivity contribution < 1.29 is 23.9 Å². The SMILES string of the molecule is C=CCN1C(=O)c2ccc(C(=O)OCC(=O)Nc3ccccc3C(C)C)cc2C1=O. The fourth-order valence-electron chi connectivity index (χ4n) is 3.23. The third kappa shape index (κ3) is 4.15. The van der Waals surface area contributed by atoms with Gasteiger partial charge in [0.15, 0.2) is 6.61 Å². The molecule has 0 atom stereocenters. The summed E-state index contributed by atoms with van der Waals surface area (Å²) < 4.78 is 5.08. The molecule has 3 rings (SSSR count). The number of carbonyl (C=O) groups excluding carboxylic acids is 4. The maximum Gasteiger partial charge on any atom is 0.338 e.